The summed E-state index contributed by atoms with van der Waals surface area (Å²) in [5.74, 6) is 0.877. The van der Waals surface area contributed by atoms with E-state index in [2.05, 4.69) is 46.5 Å². The van der Waals surface area contributed by atoms with E-state index in [0.29, 0.717) is 23.9 Å². The molecule has 3 aliphatic rings. The molecule has 1 amide bonds. The molecular weight excluding hydrogens is 346 g/mol. The van der Waals surface area contributed by atoms with Crippen LogP contribution >= 0.6 is 0 Å². The predicted molar refractivity (Wildman–Crippen MR) is 114 cm³/mol. The molecular formula is C24H33N3O. The Hall–Kier alpha value is -1.81. The van der Waals surface area contributed by atoms with Crippen LogP contribution in [-0.4, -0.2) is 41.0 Å². The smallest absolute Gasteiger partial charge is 0.224 e. The molecule has 1 saturated carbocycles. The lowest BCUT2D eigenvalue weighted by molar-refractivity contribution is -0.128. The molecule has 1 aliphatic heterocycles. The number of nitrogens with one attached hydrogen (secondary N) is 2. The number of piperidine rings is 1. The maximum Gasteiger partial charge on any atom is 0.224 e. The fourth-order valence-electron chi connectivity index (χ4n) is 6.09. The van der Waals surface area contributed by atoms with E-state index in [1.807, 2.05) is 0 Å². The second-order valence-corrected chi connectivity index (χ2v) is 9.18. The Labute approximate surface area is 168 Å². The van der Waals surface area contributed by atoms with E-state index in [-0.39, 0.29) is 5.92 Å². The monoisotopic (exact) mass is 379 g/mol. The van der Waals surface area contributed by atoms with Gasteiger partial charge < -0.3 is 10.3 Å². The van der Waals surface area contributed by atoms with E-state index in [1.165, 1.54) is 47.7 Å². The van der Waals surface area contributed by atoms with Crippen molar-refractivity contribution < 1.29 is 4.79 Å². The Morgan fingerprint density at radius 1 is 1.21 bits per heavy atom. The summed E-state index contributed by atoms with van der Waals surface area (Å²) in [6, 6.07) is 7.58. The van der Waals surface area contributed by atoms with Gasteiger partial charge in [0.15, 0.2) is 0 Å². The predicted octanol–water partition coefficient (Wildman–Crippen LogP) is 4.36. The Balaban J connectivity index is 1.39. The molecule has 2 heterocycles. The summed E-state index contributed by atoms with van der Waals surface area (Å²) >= 11 is 0. The molecule has 0 radical (unpaired) electrons. The molecule has 2 aliphatic carbocycles. The highest BCUT2D eigenvalue weighted by Gasteiger charge is 2.42. The topological polar surface area (TPSA) is 48.1 Å². The number of fused-ring (bicyclic) bond motifs is 2. The molecule has 1 aromatic carbocycles. The van der Waals surface area contributed by atoms with E-state index in [4.69, 9.17) is 0 Å². The van der Waals surface area contributed by atoms with Crippen molar-refractivity contribution in [2.24, 2.45) is 5.92 Å². The lowest BCUT2D eigenvalue weighted by atomic mass is 9.72. The van der Waals surface area contributed by atoms with E-state index in [0.717, 1.165) is 38.8 Å². The molecule has 3 atom stereocenters. The number of aromatic nitrogens is 1. The molecule has 0 bridgehead atoms. The van der Waals surface area contributed by atoms with Crippen LogP contribution in [0.3, 0.4) is 0 Å². The number of carbonyl (C=O) groups is 1. The van der Waals surface area contributed by atoms with Crippen molar-refractivity contribution in [3.8, 4) is 0 Å². The summed E-state index contributed by atoms with van der Waals surface area (Å²) in [5, 5.41) is 4.86. The van der Waals surface area contributed by atoms with Crippen LogP contribution in [0.15, 0.2) is 24.4 Å². The van der Waals surface area contributed by atoms with Gasteiger partial charge in [-0.3, -0.25) is 9.69 Å². The van der Waals surface area contributed by atoms with Gasteiger partial charge in [0.1, 0.15) is 0 Å². The number of likely N-dealkylation sites (tertiary alicyclic amines) is 1. The number of benzene rings is 1. The summed E-state index contributed by atoms with van der Waals surface area (Å²) in [4.78, 5) is 19.2. The molecule has 4 nitrogen and oxygen atoms in total. The average Bonchev–Trinajstić information content (AvgIpc) is 2.96. The third kappa shape index (κ3) is 3.16. The van der Waals surface area contributed by atoms with Crippen LogP contribution in [0.25, 0.3) is 10.9 Å². The minimum atomic E-state index is 0.111. The number of hydrogen-bond acceptors (Lipinski definition) is 2. The van der Waals surface area contributed by atoms with Crippen molar-refractivity contribution in [3.63, 3.8) is 0 Å². The number of nitrogens with zero attached hydrogens (tertiary/aromatic N) is 1. The van der Waals surface area contributed by atoms with Gasteiger partial charge >= 0.3 is 0 Å². The number of likely N-dealkylation sites (N-methyl/N-ethyl adjacent to an activating group) is 1. The summed E-state index contributed by atoms with van der Waals surface area (Å²) < 4.78 is 0. The highest BCUT2D eigenvalue weighted by Crippen LogP contribution is 2.44. The van der Waals surface area contributed by atoms with Crippen LogP contribution in [0.5, 0.6) is 0 Å². The Morgan fingerprint density at radius 2 is 2.04 bits per heavy atom. The molecule has 150 valence electrons. The minimum Gasteiger partial charge on any atom is -0.361 e. The molecule has 5 rings (SSSR count). The number of H-pyrrole nitrogens is 1. The zero-order valence-electron chi connectivity index (χ0n) is 17.0. The van der Waals surface area contributed by atoms with Crippen molar-refractivity contribution in [1.29, 1.82) is 0 Å². The number of aromatic amines is 1. The Bertz CT molecular complexity index is 849. The third-order valence-corrected chi connectivity index (χ3v) is 7.55. The maximum absolute atomic E-state index is 13.2. The Kier molecular flexibility index (Phi) is 4.92. The van der Waals surface area contributed by atoms with Crippen molar-refractivity contribution in [1.82, 2.24) is 15.2 Å². The van der Waals surface area contributed by atoms with Crippen LogP contribution in [-0.2, 0) is 11.2 Å². The fourth-order valence-corrected chi connectivity index (χ4v) is 6.09. The largest absolute Gasteiger partial charge is 0.361 e. The normalized spacial score (nSPS) is 28.7. The van der Waals surface area contributed by atoms with Gasteiger partial charge in [-0.25, -0.2) is 0 Å². The fraction of sp³-hybridized carbons (Fsp3) is 0.625. The van der Waals surface area contributed by atoms with Crippen molar-refractivity contribution in [2.45, 2.75) is 76.3 Å². The molecule has 2 unspecified atom stereocenters. The van der Waals surface area contributed by atoms with Crippen LogP contribution in [0.1, 0.15) is 68.9 Å². The van der Waals surface area contributed by atoms with Crippen molar-refractivity contribution >= 4 is 16.8 Å². The maximum atomic E-state index is 13.2. The second kappa shape index (κ2) is 7.55. The minimum absolute atomic E-state index is 0.111. The third-order valence-electron chi connectivity index (χ3n) is 7.55. The molecule has 2 aromatic rings. The van der Waals surface area contributed by atoms with Gasteiger partial charge in [0.05, 0.1) is 5.92 Å². The summed E-state index contributed by atoms with van der Waals surface area (Å²) in [5.41, 5.74) is 4.15. The first-order valence-electron chi connectivity index (χ1n) is 11.4. The SMILES string of the molecule is CCN1CC(C(=O)NC2CCCCCC2)CC2c3cccc4[nH]cc(c34)C[C@H]21. The van der Waals surface area contributed by atoms with Crippen LogP contribution < -0.4 is 5.32 Å². The number of hydrogen-bond donors (Lipinski definition) is 2. The van der Waals surface area contributed by atoms with Crippen LogP contribution in [0, 0.1) is 5.92 Å². The number of carbonyl (C=O) groups excluding carboxylic acids is 1. The zero-order valence-corrected chi connectivity index (χ0v) is 17.0. The van der Waals surface area contributed by atoms with Crippen LogP contribution in [0.4, 0.5) is 0 Å². The number of amides is 1. The first-order valence-corrected chi connectivity index (χ1v) is 11.4. The van der Waals surface area contributed by atoms with E-state index in [1.54, 1.807) is 0 Å². The lowest BCUT2D eigenvalue weighted by Crippen LogP contribution is -2.53. The van der Waals surface area contributed by atoms with Crippen molar-refractivity contribution in [2.75, 3.05) is 13.1 Å². The van der Waals surface area contributed by atoms with Gasteiger partial charge in [0.25, 0.3) is 0 Å². The number of rotatable bonds is 3. The highest BCUT2D eigenvalue weighted by atomic mass is 16.2. The molecule has 1 aromatic heterocycles. The molecule has 2 N–H and O–H groups in total. The average molecular weight is 380 g/mol. The van der Waals surface area contributed by atoms with E-state index >= 15 is 0 Å². The lowest BCUT2D eigenvalue weighted by Gasteiger charge is -2.46. The standard InChI is InChI=1S/C24H33N3O/c1-2-27-15-17(24(28)26-18-8-5-3-4-6-9-18)12-20-19-10-7-11-21-23(19)16(14-25-21)13-22(20)27/h7,10-11,14,17-18,20,22,25H,2-6,8-9,12-13,15H2,1H3,(H,26,28)/t17?,20?,22-/m1/s1. The van der Waals surface area contributed by atoms with Gasteiger partial charge in [0.2, 0.25) is 5.91 Å². The summed E-state index contributed by atoms with van der Waals surface area (Å²) in [7, 11) is 0. The van der Waals surface area contributed by atoms with Crippen LogP contribution in [0.2, 0.25) is 0 Å². The summed E-state index contributed by atoms with van der Waals surface area (Å²) in [6.07, 6.45) is 11.8. The highest BCUT2D eigenvalue weighted by molar-refractivity contribution is 5.88. The summed E-state index contributed by atoms with van der Waals surface area (Å²) in [6.45, 7) is 4.17. The van der Waals surface area contributed by atoms with E-state index < -0.39 is 0 Å². The Morgan fingerprint density at radius 3 is 2.82 bits per heavy atom. The van der Waals surface area contributed by atoms with Crippen molar-refractivity contribution in [3.05, 3.63) is 35.5 Å². The first-order chi connectivity index (χ1) is 13.7. The molecule has 0 spiro atoms. The zero-order chi connectivity index (χ0) is 19.1. The molecule has 28 heavy (non-hydrogen) atoms. The van der Waals surface area contributed by atoms with Gasteiger partial charge in [-0.2, -0.15) is 0 Å². The molecule has 2 fully saturated rings. The van der Waals surface area contributed by atoms with Gasteiger partial charge in [0, 0.05) is 41.6 Å². The molecule has 1 saturated heterocycles. The van der Waals surface area contributed by atoms with E-state index in [9.17, 15) is 4.79 Å². The van der Waals surface area contributed by atoms with Gasteiger partial charge in [-0.05, 0) is 49.4 Å². The van der Waals surface area contributed by atoms with Gasteiger partial charge in [-0.1, -0.05) is 44.7 Å². The quantitative estimate of drug-likeness (QED) is 0.779. The molecule has 4 heteroatoms. The first kappa shape index (κ1) is 18.2. The second-order valence-electron chi connectivity index (χ2n) is 9.18. The van der Waals surface area contributed by atoms with Gasteiger partial charge in [-0.15, -0.1) is 0 Å².